The predicted molar refractivity (Wildman–Crippen MR) is 52.5 cm³/mol. The number of hydrogen-bond acceptors (Lipinski definition) is 3. The molecule has 0 aromatic rings. The van der Waals surface area contributed by atoms with Gasteiger partial charge in [-0.15, -0.1) is 24.8 Å². The lowest BCUT2D eigenvalue weighted by molar-refractivity contribution is 0.123. The summed E-state index contributed by atoms with van der Waals surface area (Å²) in [6, 6.07) is 0. The third-order valence-electron chi connectivity index (χ3n) is 1.34. The van der Waals surface area contributed by atoms with E-state index in [1.54, 1.807) is 0 Å². The van der Waals surface area contributed by atoms with E-state index in [2.05, 4.69) is 4.90 Å². The van der Waals surface area contributed by atoms with Crippen molar-refractivity contribution in [2.24, 2.45) is 5.73 Å². The zero-order valence-corrected chi connectivity index (χ0v) is 8.62. The summed E-state index contributed by atoms with van der Waals surface area (Å²) in [5, 5.41) is 8.72. The van der Waals surface area contributed by atoms with Crippen molar-refractivity contribution in [2.75, 3.05) is 19.6 Å². The zero-order valence-electron chi connectivity index (χ0n) is 6.99. The minimum Gasteiger partial charge on any atom is -0.377 e. The molecule has 0 aromatic heterocycles. The summed E-state index contributed by atoms with van der Waals surface area (Å²) < 4.78 is 0. The van der Waals surface area contributed by atoms with E-state index in [1.165, 1.54) is 0 Å². The molecule has 0 aliphatic carbocycles. The van der Waals surface area contributed by atoms with E-state index in [-0.39, 0.29) is 24.8 Å². The second-order valence-corrected chi connectivity index (χ2v) is 2.05. The number of nitrogens with two attached hydrogens (primary N) is 1. The SMILES string of the molecule is CCN(CC)CC(N)O.Cl.Cl. The highest BCUT2D eigenvalue weighted by atomic mass is 35.5. The van der Waals surface area contributed by atoms with Crippen LogP contribution in [0.3, 0.4) is 0 Å². The van der Waals surface area contributed by atoms with E-state index in [0.29, 0.717) is 6.54 Å². The van der Waals surface area contributed by atoms with E-state index in [4.69, 9.17) is 10.8 Å². The van der Waals surface area contributed by atoms with Crippen molar-refractivity contribution < 1.29 is 5.11 Å². The van der Waals surface area contributed by atoms with E-state index in [9.17, 15) is 0 Å². The first-order valence-electron chi connectivity index (χ1n) is 3.36. The Balaban J connectivity index is -0.000000320. The van der Waals surface area contributed by atoms with Gasteiger partial charge in [-0.3, -0.25) is 4.90 Å². The van der Waals surface area contributed by atoms with Crippen molar-refractivity contribution in [3.8, 4) is 0 Å². The van der Waals surface area contributed by atoms with Gasteiger partial charge in [0, 0.05) is 6.54 Å². The molecule has 0 fully saturated rings. The molecule has 0 aliphatic heterocycles. The first-order valence-corrected chi connectivity index (χ1v) is 3.36. The molecule has 5 heteroatoms. The average molecular weight is 205 g/mol. The standard InChI is InChI=1S/C6H16N2O.2ClH/c1-3-8(4-2)5-6(7)9;;/h6,9H,3-5,7H2,1-2H3;2*1H. The molecule has 72 valence electrons. The molecule has 0 bridgehead atoms. The number of rotatable bonds is 4. The molecule has 11 heavy (non-hydrogen) atoms. The van der Waals surface area contributed by atoms with Crippen molar-refractivity contribution in [1.82, 2.24) is 4.90 Å². The van der Waals surface area contributed by atoms with Crippen molar-refractivity contribution >= 4 is 24.8 Å². The van der Waals surface area contributed by atoms with Crippen LogP contribution in [0.4, 0.5) is 0 Å². The van der Waals surface area contributed by atoms with Gasteiger partial charge >= 0.3 is 0 Å². The third-order valence-corrected chi connectivity index (χ3v) is 1.34. The maximum absolute atomic E-state index is 8.72. The molecule has 0 saturated carbocycles. The predicted octanol–water partition coefficient (Wildman–Crippen LogP) is 0.449. The summed E-state index contributed by atoms with van der Waals surface area (Å²) in [5.41, 5.74) is 5.16. The smallest absolute Gasteiger partial charge is 0.115 e. The fraction of sp³-hybridized carbons (Fsp3) is 1.00. The Morgan fingerprint density at radius 1 is 1.27 bits per heavy atom. The van der Waals surface area contributed by atoms with Crippen LogP contribution in [0, 0.1) is 0 Å². The molecule has 0 spiro atoms. The molecule has 1 atom stereocenters. The first kappa shape index (κ1) is 17.5. The second kappa shape index (κ2) is 10.5. The molecule has 0 rings (SSSR count). The normalized spacial score (nSPS) is 11.7. The van der Waals surface area contributed by atoms with Crippen LogP contribution < -0.4 is 5.73 Å². The average Bonchev–Trinajstić information content (AvgIpc) is 1.82. The Labute approximate surface area is 80.8 Å². The van der Waals surface area contributed by atoms with Gasteiger partial charge in [0.05, 0.1) is 0 Å². The maximum Gasteiger partial charge on any atom is 0.115 e. The molecule has 3 nitrogen and oxygen atoms in total. The van der Waals surface area contributed by atoms with Gasteiger partial charge in [-0.2, -0.15) is 0 Å². The maximum atomic E-state index is 8.72. The number of hydrogen-bond donors (Lipinski definition) is 2. The molecule has 0 amide bonds. The summed E-state index contributed by atoms with van der Waals surface area (Å²) >= 11 is 0. The quantitative estimate of drug-likeness (QED) is 0.655. The number of aliphatic hydroxyl groups excluding tert-OH is 1. The first-order chi connectivity index (χ1) is 4.20. The molecule has 0 aliphatic rings. The van der Waals surface area contributed by atoms with Gasteiger partial charge in [0.25, 0.3) is 0 Å². The summed E-state index contributed by atoms with van der Waals surface area (Å²) in [5.74, 6) is 0. The van der Waals surface area contributed by atoms with Gasteiger partial charge in [-0.1, -0.05) is 13.8 Å². The van der Waals surface area contributed by atoms with E-state index < -0.39 is 6.23 Å². The van der Waals surface area contributed by atoms with Crippen LogP contribution in [0.1, 0.15) is 13.8 Å². The lowest BCUT2D eigenvalue weighted by atomic mass is 10.4. The molecule has 3 N–H and O–H groups in total. The van der Waals surface area contributed by atoms with E-state index in [1.807, 2.05) is 13.8 Å². The molecule has 1 unspecified atom stereocenters. The minimum atomic E-state index is -0.690. The zero-order chi connectivity index (χ0) is 7.28. The highest BCUT2D eigenvalue weighted by Crippen LogP contribution is 1.85. The van der Waals surface area contributed by atoms with Crippen molar-refractivity contribution in [2.45, 2.75) is 20.1 Å². The Kier molecular flexibility index (Phi) is 16.7. The van der Waals surface area contributed by atoms with Gasteiger partial charge in [0.1, 0.15) is 6.23 Å². The van der Waals surface area contributed by atoms with Crippen LogP contribution in [-0.2, 0) is 0 Å². The highest BCUT2D eigenvalue weighted by molar-refractivity contribution is 5.85. The van der Waals surface area contributed by atoms with E-state index in [0.717, 1.165) is 13.1 Å². The van der Waals surface area contributed by atoms with Crippen molar-refractivity contribution in [1.29, 1.82) is 0 Å². The highest BCUT2D eigenvalue weighted by Gasteiger charge is 2.01. The molecule has 0 radical (unpaired) electrons. The van der Waals surface area contributed by atoms with Crippen molar-refractivity contribution in [3.05, 3.63) is 0 Å². The lowest BCUT2D eigenvalue weighted by Crippen LogP contribution is -2.36. The summed E-state index contributed by atoms with van der Waals surface area (Å²) in [6.45, 7) is 6.57. The molecule has 0 aromatic carbocycles. The van der Waals surface area contributed by atoms with Crippen LogP contribution in [0.25, 0.3) is 0 Å². The van der Waals surface area contributed by atoms with Crippen LogP contribution in [0.2, 0.25) is 0 Å². The lowest BCUT2D eigenvalue weighted by Gasteiger charge is -2.18. The van der Waals surface area contributed by atoms with Gasteiger partial charge in [0.15, 0.2) is 0 Å². The Morgan fingerprint density at radius 2 is 1.64 bits per heavy atom. The minimum absolute atomic E-state index is 0. The Hall–Kier alpha value is 0.460. The number of nitrogens with zero attached hydrogens (tertiary/aromatic N) is 1. The third kappa shape index (κ3) is 10.5. The number of halogens is 2. The number of likely N-dealkylation sites (N-methyl/N-ethyl adjacent to an activating group) is 1. The van der Waals surface area contributed by atoms with Crippen LogP contribution in [0.15, 0.2) is 0 Å². The van der Waals surface area contributed by atoms with Crippen LogP contribution in [-0.4, -0.2) is 35.9 Å². The summed E-state index contributed by atoms with van der Waals surface area (Å²) in [4.78, 5) is 2.07. The fourth-order valence-corrected chi connectivity index (χ4v) is 0.746. The molecule has 0 heterocycles. The van der Waals surface area contributed by atoms with Crippen LogP contribution in [0.5, 0.6) is 0 Å². The van der Waals surface area contributed by atoms with Gasteiger partial charge in [0.2, 0.25) is 0 Å². The van der Waals surface area contributed by atoms with Gasteiger partial charge in [-0.25, -0.2) is 0 Å². The molecular weight excluding hydrogens is 187 g/mol. The van der Waals surface area contributed by atoms with Gasteiger partial charge in [-0.05, 0) is 13.1 Å². The number of aliphatic hydroxyl groups is 1. The molecular formula is C6H18Cl2N2O. The molecule has 0 saturated heterocycles. The fourth-order valence-electron chi connectivity index (χ4n) is 0.746. The van der Waals surface area contributed by atoms with Crippen LogP contribution >= 0.6 is 24.8 Å². The topological polar surface area (TPSA) is 49.5 Å². The monoisotopic (exact) mass is 204 g/mol. The Bertz CT molecular complexity index is 69.6. The van der Waals surface area contributed by atoms with Gasteiger partial charge < -0.3 is 10.8 Å². The summed E-state index contributed by atoms with van der Waals surface area (Å²) in [7, 11) is 0. The summed E-state index contributed by atoms with van der Waals surface area (Å²) in [6.07, 6.45) is -0.690. The van der Waals surface area contributed by atoms with Crippen molar-refractivity contribution in [3.63, 3.8) is 0 Å². The second-order valence-electron chi connectivity index (χ2n) is 2.05. The Morgan fingerprint density at radius 3 is 1.73 bits per heavy atom. The van der Waals surface area contributed by atoms with E-state index >= 15 is 0 Å². The largest absolute Gasteiger partial charge is 0.377 e.